The SMILES string of the molecule is C[C@@H]1CN(C)[C@@H](C)CN1C(C)(C)/C=C(/C#N)C(=O)N1CCC[C@H](n2nc(-c3ccc(Oc4ccccc4)cc3F)c3c([AsH2])ncnc32)C1. The van der Waals surface area contributed by atoms with Crippen LogP contribution >= 0.6 is 0 Å². The zero-order valence-corrected chi connectivity index (χ0v) is 30.5. The number of piperidine rings is 1. The maximum absolute atomic E-state index is 15.7. The second-order valence-electron chi connectivity index (χ2n) is 13.5. The van der Waals surface area contributed by atoms with Gasteiger partial charge in [-0.1, -0.05) is 0 Å². The summed E-state index contributed by atoms with van der Waals surface area (Å²) in [6.07, 6.45) is 4.82. The van der Waals surface area contributed by atoms with Gasteiger partial charge in [-0.3, -0.25) is 0 Å². The van der Waals surface area contributed by atoms with Gasteiger partial charge >= 0.3 is 240 Å². The van der Waals surface area contributed by atoms with Gasteiger partial charge in [-0.05, 0) is 20.9 Å². The Kier molecular flexibility index (Phi) is 9.71. The van der Waals surface area contributed by atoms with Crippen LogP contribution in [0.15, 0.2) is 66.5 Å². The first-order valence-corrected chi connectivity index (χ1v) is 17.6. The number of amides is 1. The van der Waals surface area contributed by atoms with Crippen LogP contribution in [0.4, 0.5) is 4.39 Å². The first kappa shape index (κ1) is 33.8. The Morgan fingerprint density at radius 1 is 1.08 bits per heavy atom. The third-order valence-electron chi connectivity index (χ3n) is 9.61. The van der Waals surface area contributed by atoms with Crippen molar-refractivity contribution < 1.29 is 13.9 Å². The molecule has 4 heterocycles. The van der Waals surface area contributed by atoms with E-state index in [4.69, 9.17) is 9.84 Å². The summed E-state index contributed by atoms with van der Waals surface area (Å²) in [6.45, 7) is 11.2. The molecular formula is C36H42AsFN8O2. The standard InChI is InChI=1S/C36H42AsFN8O2/c1-23-20-45(24(2)19-43(23)5)36(3,4)17-25(18-39)35(47)44-15-9-10-26(21-44)46-34-31(33(37)40-22-41-34)32(42-46)29-14-13-28(16-30(29)38)48-27-11-7-6-8-12-27/h6-8,11-14,16-17,22-24,26H,9-10,15,19-21,37H2,1-5H3/b25-17-/t23-,24+,26-/m0/s1. The number of rotatable bonds is 7. The summed E-state index contributed by atoms with van der Waals surface area (Å²) in [5.74, 6) is 0.243. The molecule has 1 unspecified atom stereocenters. The van der Waals surface area contributed by atoms with E-state index >= 15 is 4.39 Å². The number of likely N-dealkylation sites (tertiary alicyclic amines) is 1. The van der Waals surface area contributed by atoms with Crippen LogP contribution < -0.4 is 9.22 Å². The van der Waals surface area contributed by atoms with Gasteiger partial charge in [0.05, 0.1) is 0 Å². The Bertz CT molecular complexity index is 1890. The predicted octanol–water partition coefficient (Wildman–Crippen LogP) is 4.10. The molecule has 0 aliphatic carbocycles. The molecule has 2 saturated heterocycles. The third-order valence-corrected chi connectivity index (χ3v) is 10.5. The van der Waals surface area contributed by atoms with Crippen molar-refractivity contribution in [3.63, 3.8) is 0 Å². The van der Waals surface area contributed by atoms with Gasteiger partial charge in [0.2, 0.25) is 0 Å². The monoisotopic (exact) mass is 712 g/mol. The number of fused-ring (bicyclic) bond motifs is 1. The van der Waals surface area contributed by atoms with Gasteiger partial charge in [0.1, 0.15) is 0 Å². The van der Waals surface area contributed by atoms with Crippen molar-refractivity contribution in [2.24, 2.45) is 0 Å². The molecule has 12 heteroatoms. The van der Waals surface area contributed by atoms with Gasteiger partial charge < -0.3 is 4.90 Å². The number of ether oxygens (including phenoxy) is 1. The molecule has 4 atom stereocenters. The number of benzene rings is 2. The molecule has 0 radical (unpaired) electrons. The number of nitriles is 1. The zero-order valence-electron chi connectivity index (χ0n) is 28.1. The van der Waals surface area contributed by atoms with Crippen LogP contribution in [-0.2, 0) is 4.79 Å². The molecule has 2 aromatic heterocycles. The summed E-state index contributed by atoms with van der Waals surface area (Å²) < 4.78 is 24.1. The van der Waals surface area contributed by atoms with E-state index in [9.17, 15) is 10.1 Å². The van der Waals surface area contributed by atoms with Crippen LogP contribution in [0, 0.1) is 17.1 Å². The number of carbonyl (C=O) groups is 1. The average molecular weight is 713 g/mol. The topological polar surface area (TPSA) is 103 Å². The summed E-state index contributed by atoms with van der Waals surface area (Å²) in [4.78, 5) is 29.4. The van der Waals surface area contributed by atoms with Gasteiger partial charge in [0.15, 0.2) is 0 Å². The molecule has 2 aliphatic rings. The van der Waals surface area contributed by atoms with Crippen LogP contribution in [0.2, 0.25) is 0 Å². The fourth-order valence-corrected chi connectivity index (χ4v) is 7.70. The molecule has 2 aliphatic heterocycles. The number of aromatic nitrogens is 4. The number of hydrogen-bond donors (Lipinski definition) is 0. The molecule has 0 bridgehead atoms. The van der Waals surface area contributed by atoms with Gasteiger partial charge in [-0.2, -0.15) is 0 Å². The molecule has 2 aromatic carbocycles. The molecule has 0 N–H and O–H groups in total. The molecule has 0 saturated carbocycles. The van der Waals surface area contributed by atoms with Crippen molar-refractivity contribution in [1.29, 1.82) is 5.26 Å². The molecular weight excluding hydrogens is 670 g/mol. The van der Waals surface area contributed by atoms with E-state index in [0.29, 0.717) is 52.9 Å². The molecule has 0 spiro atoms. The number of para-hydroxylation sites is 1. The number of hydrogen-bond acceptors (Lipinski definition) is 8. The summed E-state index contributed by atoms with van der Waals surface area (Å²) in [5.41, 5.74) is 1.03. The van der Waals surface area contributed by atoms with Crippen LogP contribution in [0.25, 0.3) is 22.3 Å². The molecule has 4 aromatic rings. The Morgan fingerprint density at radius 3 is 2.58 bits per heavy atom. The normalized spacial score (nSPS) is 21.3. The van der Waals surface area contributed by atoms with Crippen molar-refractivity contribution >= 4 is 38.3 Å². The van der Waals surface area contributed by atoms with Crippen molar-refractivity contribution in [3.8, 4) is 28.8 Å². The van der Waals surface area contributed by atoms with Crippen LogP contribution in [0.3, 0.4) is 0 Å². The second-order valence-corrected chi connectivity index (χ2v) is 14.6. The van der Waals surface area contributed by atoms with Crippen LogP contribution in [-0.4, -0.2) is 108 Å². The van der Waals surface area contributed by atoms with E-state index in [1.807, 2.05) is 41.1 Å². The zero-order chi connectivity index (χ0) is 34.2. The summed E-state index contributed by atoms with van der Waals surface area (Å²) in [7, 11) is 2.13. The van der Waals surface area contributed by atoms with Crippen molar-refractivity contribution in [2.75, 3.05) is 33.2 Å². The Hall–Kier alpha value is -4.10. The second kappa shape index (κ2) is 13.8. The van der Waals surface area contributed by atoms with E-state index in [1.54, 1.807) is 17.0 Å². The fraction of sp³-hybridized carbons (Fsp3) is 0.417. The minimum atomic E-state index is -0.486. The Balaban J connectivity index is 1.27. The number of likely N-dealkylation sites (N-methyl/N-ethyl adjacent to an activating group) is 1. The van der Waals surface area contributed by atoms with E-state index in [2.05, 4.69) is 60.6 Å². The minimum absolute atomic E-state index is 0.145. The first-order chi connectivity index (χ1) is 23.0. The van der Waals surface area contributed by atoms with E-state index < -0.39 is 11.4 Å². The van der Waals surface area contributed by atoms with Gasteiger partial charge in [-0.15, -0.1) is 0 Å². The van der Waals surface area contributed by atoms with Crippen molar-refractivity contribution in [2.45, 2.75) is 64.2 Å². The Labute approximate surface area is 289 Å². The molecule has 1 amide bonds. The molecule has 2 fully saturated rings. The van der Waals surface area contributed by atoms with Gasteiger partial charge in [0.25, 0.3) is 0 Å². The fourth-order valence-electron chi connectivity index (χ4n) is 7.00. The molecule has 6 rings (SSSR count). The maximum atomic E-state index is 15.7. The van der Waals surface area contributed by atoms with E-state index in [-0.39, 0.29) is 23.6 Å². The number of halogens is 1. The third kappa shape index (κ3) is 6.75. The number of piperazine rings is 1. The van der Waals surface area contributed by atoms with Crippen molar-refractivity contribution in [1.82, 2.24) is 34.4 Å². The van der Waals surface area contributed by atoms with Crippen LogP contribution in [0.1, 0.15) is 46.6 Å². The quantitative estimate of drug-likeness (QED) is 0.161. The first-order valence-electron chi connectivity index (χ1n) is 16.4. The summed E-state index contributed by atoms with van der Waals surface area (Å²) in [6, 6.07) is 16.6. The van der Waals surface area contributed by atoms with Gasteiger partial charge in [-0.25, -0.2) is 0 Å². The van der Waals surface area contributed by atoms with E-state index in [0.717, 1.165) is 30.4 Å². The predicted molar refractivity (Wildman–Crippen MR) is 186 cm³/mol. The van der Waals surface area contributed by atoms with E-state index in [1.165, 1.54) is 29.2 Å². The molecule has 48 heavy (non-hydrogen) atoms. The number of nitrogens with zero attached hydrogens (tertiary/aromatic N) is 8. The molecule has 250 valence electrons. The Morgan fingerprint density at radius 2 is 1.85 bits per heavy atom. The van der Waals surface area contributed by atoms with Gasteiger partial charge in [0, 0.05) is 25.2 Å². The van der Waals surface area contributed by atoms with Crippen LogP contribution in [0.5, 0.6) is 11.5 Å². The summed E-state index contributed by atoms with van der Waals surface area (Å²) in [5, 5.41) is 15.8. The summed E-state index contributed by atoms with van der Waals surface area (Å²) >= 11 is 1.30. The molecule has 10 nitrogen and oxygen atoms in total. The number of carbonyl (C=O) groups excluding carboxylic acids is 1. The van der Waals surface area contributed by atoms with Crippen molar-refractivity contribution in [3.05, 3.63) is 72.3 Å². The average Bonchev–Trinajstić information content (AvgIpc) is 3.46.